The summed E-state index contributed by atoms with van der Waals surface area (Å²) in [5, 5.41) is 3.51. The fraction of sp³-hybridized carbons (Fsp3) is 1.00. The Labute approximate surface area is 113 Å². The van der Waals surface area contributed by atoms with E-state index in [1.54, 1.807) is 0 Å². The normalized spacial score (nSPS) is 29.2. The minimum Gasteiger partial charge on any atom is -0.380 e. The molecule has 3 nitrogen and oxygen atoms in total. The van der Waals surface area contributed by atoms with Crippen LogP contribution in [-0.2, 0) is 4.74 Å². The minimum atomic E-state index is 0.384. The molecule has 1 saturated heterocycles. The Morgan fingerprint density at radius 2 is 2.11 bits per heavy atom. The molecule has 18 heavy (non-hydrogen) atoms. The molecular formula is C15H32N2O. The third-order valence-electron chi connectivity index (χ3n) is 4.54. The van der Waals surface area contributed by atoms with Gasteiger partial charge in [0.2, 0.25) is 0 Å². The van der Waals surface area contributed by atoms with E-state index in [1.165, 1.54) is 25.9 Å². The number of likely N-dealkylation sites (tertiary alicyclic amines) is 1. The Kier molecular flexibility index (Phi) is 6.61. The van der Waals surface area contributed by atoms with Crippen molar-refractivity contribution in [2.45, 2.75) is 46.6 Å². The highest BCUT2D eigenvalue weighted by atomic mass is 16.5. The summed E-state index contributed by atoms with van der Waals surface area (Å²) >= 11 is 0. The summed E-state index contributed by atoms with van der Waals surface area (Å²) in [6, 6.07) is 0. The van der Waals surface area contributed by atoms with Crippen molar-refractivity contribution in [1.82, 2.24) is 10.2 Å². The molecule has 0 aromatic carbocycles. The molecule has 1 fully saturated rings. The third-order valence-corrected chi connectivity index (χ3v) is 4.54. The molecule has 0 amide bonds. The first-order valence-corrected chi connectivity index (χ1v) is 7.50. The predicted octanol–water partition coefficient (Wildman–Crippen LogP) is 2.37. The van der Waals surface area contributed by atoms with Crippen LogP contribution in [0.5, 0.6) is 0 Å². The van der Waals surface area contributed by atoms with Crippen LogP contribution in [0.25, 0.3) is 0 Å². The zero-order valence-corrected chi connectivity index (χ0v) is 13.0. The van der Waals surface area contributed by atoms with Crippen molar-refractivity contribution in [2.75, 3.05) is 39.8 Å². The molecule has 108 valence electrons. The molecule has 0 bridgehead atoms. The van der Waals surface area contributed by atoms with Gasteiger partial charge in [-0.05, 0) is 37.3 Å². The van der Waals surface area contributed by atoms with Crippen molar-refractivity contribution < 1.29 is 4.74 Å². The molecule has 3 atom stereocenters. The van der Waals surface area contributed by atoms with Crippen molar-refractivity contribution in [3.05, 3.63) is 0 Å². The van der Waals surface area contributed by atoms with Gasteiger partial charge in [0.05, 0.1) is 6.10 Å². The number of nitrogens with zero attached hydrogens (tertiary/aromatic N) is 1. The number of piperidine rings is 1. The smallest absolute Gasteiger partial charge is 0.0724 e. The van der Waals surface area contributed by atoms with Crippen molar-refractivity contribution >= 4 is 0 Å². The van der Waals surface area contributed by atoms with Gasteiger partial charge in [-0.3, -0.25) is 0 Å². The highest BCUT2D eigenvalue weighted by Gasteiger charge is 2.31. The van der Waals surface area contributed by atoms with Gasteiger partial charge in [-0.25, -0.2) is 0 Å². The van der Waals surface area contributed by atoms with Gasteiger partial charge in [0.1, 0.15) is 0 Å². The van der Waals surface area contributed by atoms with Crippen LogP contribution in [0, 0.1) is 11.3 Å². The van der Waals surface area contributed by atoms with Crippen LogP contribution in [0.1, 0.15) is 40.5 Å². The molecule has 1 rings (SSSR count). The summed E-state index contributed by atoms with van der Waals surface area (Å²) in [5.74, 6) is 0.702. The van der Waals surface area contributed by atoms with Crippen molar-refractivity contribution in [3.63, 3.8) is 0 Å². The van der Waals surface area contributed by atoms with E-state index in [1.807, 2.05) is 7.11 Å². The van der Waals surface area contributed by atoms with E-state index in [0.29, 0.717) is 17.4 Å². The highest BCUT2D eigenvalue weighted by Crippen LogP contribution is 2.26. The van der Waals surface area contributed by atoms with E-state index in [-0.39, 0.29) is 0 Å². The van der Waals surface area contributed by atoms with Crippen molar-refractivity contribution in [1.29, 1.82) is 0 Å². The average molecular weight is 256 g/mol. The van der Waals surface area contributed by atoms with Crippen molar-refractivity contribution in [3.8, 4) is 0 Å². The van der Waals surface area contributed by atoms with Gasteiger partial charge in [0.15, 0.2) is 0 Å². The maximum absolute atomic E-state index is 5.61. The molecule has 0 radical (unpaired) electrons. The average Bonchev–Trinajstić information content (AvgIpc) is 2.38. The lowest BCUT2D eigenvalue weighted by Gasteiger charge is -2.41. The van der Waals surface area contributed by atoms with Gasteiger partial charge in [0.25, 0.3) is 0 Å². The molecule has 0 saturated carbocycles. The fourth-order valence-corrected chi connectivity index (χ4v) is 2.81. The first-order valence-electron chi connectivity index (χ1n) is 7.50. The topological polar surface area (TPSA) is 24.5 Å². The molecule has 0 spiro atoms. The second-order valence-electron chi connectivity index (χ2n) is 6.22. The summed E-state index contributed by atoms with van der Waals surface area (Å²) in [6.45, 7) is 14.9. The standard InChI is InChI=1S/C15H32N2O/c1-6-15(4,11-16-7-2)12-17-9-8-13(3)14(10-17)18-5/h13-14,16H,6-12H2,1-5H3. The second-order valence-corrected chi connectivity index (χ2v) is 6.22. The summed E-state index contributed by atoms with van der Waals surface area (Å²) in [5.41, 5.74) is 0.384. The first kappa shape index (κ1) is 15.9. The van der Waals surface area contributed by atoms with Crippen LogP contribution < -0.4 is 5.32 Å². The number of hydrogen-bond acceptors (Lipinski definition) is 3. The Hall–Kier alpha value is -0.120. The molecule has 3 unspecified atom stereocenters. The third kappa shape index (κ3) is 4.52. The molecule has 0 aromatic heterocycles. The molecule has 0 aromatic rings. The molecule has 3 heteroatoms. The summed E-state index contributed by atoms with van der Waals surface area (Å²) in [7, 11) is 1.85. The molecule has 1 N–H and O–H groups in total. The van der Waals surface area contributed by atoms with Crippen LogP contribution in [0.4, 0.5) is 0 Å². The molecular weight excluding hydrogens is 224 g/mol. The Morgan fingerprint density at radius 3 is 2.67 bits per heavy atom. The summed E-state index contributed by atoms with van der Waals surface area (Å²) in [6.07, 6.45) is 2.91. The van der Waals surface area contributed by atoms with Gasteiger partial charge in [-0.2, -0.15) is 0 Å². The Balaban J connectivity index is 2.49. The van der Waals surface area contributed by atoms with E-state index in [2.05, 4.69) is 37.9 Å². The van der Waals surface area contributed by atoms with Crippen LogP contribution in [0.3, 0.4) is 0 Å². The van der Waals surface area contributed by atoms with Gasteiger partial charge < -0.3 is 15.0 Å². The summed E-state index contributed by atoms with van der Waals surface area (Å²) in [4.78, 5) is 2.59. The van der Waals surface area contributed by atoms with Gasteiger partial charge in [0, 0.05) is 26.7 Å². The largest absolute Gasteiger partial charge is 0.380 e. The molecule has 1 aliphatic rings. The summed E-state index contributed by atoms with van der Waals surface area (Å²) < 4.78 is 5.61. The molecule has 0 aliphatic carbocycles. The lowest BCUT2D eigenvalue weighted by atomic mass is 9.85. The zero-order chi connectivity index (χ0) is 13.6. The number of rotatable bonds is 7. The van der Waals surface area contributed by atoms with Crippen LogP contribution >= 0.6 is 0 Å². The first-order chi connectivity index (χ1) is 8.54. The number of ether oxygens (including phenoxy) is 1. The number of nitrogens with one attached hydrogen (secondary N) is 1. The monoisotopic (exact) mass is 256 g/mol. The quantitative estimate of drug-likeness (QED) is 0.757. The number of methoxy groups -OCH3 is 1. The van der Waals surface area contributed by atoms with Gasteiger partial charge in [-0.15, -0.1) is 0 Å². The zero-order valence-electron chi connectivity index (χ0n) is 13.0. The highest BCUT2D eigenvalue weighted by molar-refractivity contribution is 4.85. The molecule has 1 heterocycles. The van der Waals surface area contributed by atoms with E-state index >= 15 is 0 Å². The van der Waals surface area contributed by atoms with E-state index in [4.69, 9.17) is 4.74 Å². The van der Waals surface area contributed by atoms with Crippen molar-refractivity contribution in [2.24, 2.45) is 11.3 Å². The van der Waals surface area contributed by atoms with Crippen LogP contribution in [0.2, 0.25) is 0 Å². The fourth-order valence-electron chi connectivity index (χ4n) is 2.81. The maximum Gasteiger partial charge on any atom is 0.0724 e. The van der Waals surface area contributed by atoms with E-state index in [0.717, 1.165) is 19.6 Å². The van der Waals surface area contributed by atoms with E-state index < -0.39 is 0 Å². The SMILES string of the molecule is CCNCC(C)(CC)CN1CCC(C)C(OC)C1. The minimum absolute atomic E-state index is 0.384. The Bertz CT molecular complexity index is 235. The molecule has 1 aliphatic heterocycles. The van der Waals surface area contributed by atoms with Gasteiger partial charge in [-0.1, -0.05) is 27.7 Å². The van der Waals surface area contributed by atoms with Crippen LogP contribution in [0.15, 0.2) is 0 Å². The van der Waals surface area contributed by atoms with Crippen LogP contribution in [-0.4, -0.2) is 50.8 Å². The second kappa shape index (κ2) is 7.46. The predicted molar refractivity (Wildman–Crippen MR) is 78.0 cm³/mol. The van der Waals surface area contributed by atoms with E-state index in [9.17, 15) is 0 Å². The van der Waals surface area contributed by atoms with Gasteiger partial charge >= 0.3 is 0 Å². The lowest BCUT2D eigenvalue weighted by Crippen LogP contribution is -2.49. The Morgan fingerprint density at radius 1 is 1.39 bits per heavy atom. The number of hydrogen-bond donors (Lipinski definition) is 1. The lowest BCUT2D eigenvalue weighted by molar-refractivity contribution is -0.0168. The maximum atomic E-state index is 5.61.